The molecule has 3 aromatic rings. The van der Waals surface area contributed by atoms with E-state index in [4.69, 9.17) is 4.74 Å². The molecule has 1 N–H and O–H groups in total. The summed E-state index contributed by atoms with van der Waals surface area (Å²) < 4.78 is 21.4. The third-order valence-corrected chi connectivity index (χ3v) is 6.37. The number of carbonyl (C=O) groups excluding carboxylic acids is 3. The van der Waals surface area contributed by atoms with Crippen LogP contribution in [0.25, 0.3) is 17.0 Å². The molecule has 0 spiro atoms. The zero-order valence-electron chi connectivity index (χ0n) is 18.5. The summed E-state index contributed by atoms with van der Waals surface area (Å²) in [6.45, 7) is 0.670. The van der Waals surface area contributed by atoms with E-state index >= 15 is 0 Å². The van der Waals surface area contributed by atoms with Gasteiger partial charge >= 0.3 is 6.03 Å². The van der Waals surface area contributed by atoms with E-state index in [0.29, 0.717) is 12.1 Å². The molecular formula is C26H24FN3O4. The maximum Gasteiger partial charge on any atom is 0.331 e. The maximum atomic E-state index is 13.8. The lowest BCUT2D eigenvalue weighted by Crippen LogP contribution is -2.57. The molecular weight excluding hydrogens is 437 g/mol. The Labute approximate surface area is 195 Å². The average Bonchev–Trinajstić information content (AvgIpc) is 3.47. The number of ether oxygens (including phenoxy) is 1. The van der Waals surface area contributed by atoms with Crippen LogP contribution in [0.4, 0.5) is 9.18 Å². The number of carbonyl (C=O) groups is 3. The predicted molar refractivity (Wildman–Crippen MR) is 124 cm³/mol. The van der Waals surface area contributed by atoms with Gasteiger partial charge in [-0.2, -0.15) is 0 Å². The van der Waals surface area contributed by atoms with Crippen molar-refractivity contribution >= 4 is 34.8 Å². The van der Waals surface area contributed by atoms with Gasteiger partial charge in [-0.05, 0) is 37.1 Å². The standard InChI is InChI=1S/C26H24FN3O4/c27-21-10-4-6-12-23(21)34-14-13-29-16-17(19-9-3-5-11-22(19)29)15-20-24(31)28-26(33)30(25(20)32)18-7-1-2-8-18/h3-6,9-12,15-16,18H,1-2,7-8,13-14H2,(H,28,31,33)/b20-15-. The molecule has 2 fully saturated rings. The maximum absolute atomic E-state index is 13.8. The second-order valence-corrected chi connectivity index (χ2v) is 8.50. The number of nitrogens with one attached hydrogen (secondary N) is 1. The predicted octanol–water partition coefficient (Wildman–Crippen LogP) is 4.26. The molecule has 174 valence electrons. The summed E-state index contributed by atoms with van der Waals surface area (Å²) in [6, 6.07) is 13.0. The SMILES string of the molecule is O=C1NC(=O)N(C2CCCC2)C(=O)/C1=C\c1cn(CCOc2ccccc2F)c2ccccc12. The van der Waals surface area contributed by atoms with E-state index in [-0.39, 0.29) is 24.0 Å². The quantitative estimate of drug-likeness (QED) is 0.439. The number of amides is 4. The number of halogens is 1. The molecule has 1 aliphatic heterocycles. The van der Waals surface area contributed by atoms with Crippen LogP contribution in [0.15, 0.2) is 60.3 Å². The van der Waals surface area contributed by atoms with Crippen LogP contribution in [0.5, 0.6) is 5.75 Å². The highest BCUT2D eigenvalue weighted by atomic mass is 19.1. The van der Waals surface area contributed by atoms with Crippen LogP contribution >= 0.6 is 0 Å². The van der Waals surface area contributed by atoms with Gasteiger partial charge in [0.2, 0.25) is 0 Å². The van der Waals surface area contributed by atoms with Gasteiger partial charge in [-0.25, -0.2) is 9.18 Å². The van der Waals surface area contributed by atoms with Crippen molar-refractivity contribution < 1.29 is 23.5 Å². The number of benzene rings is 2. The van der Waals surface area contributed by atoms with Crippen LogP contribution in [0.3, 0.4) is 0 Å². The molecule has 34 heavy (non-hydrogen) atoms. The van der Waals surface area contributed by atoms with Gasteiger partial charge in [0, 0.05) is 28.7 Å². The fourth-order valence-electron chi connectivity index (χ4n) is 4.71. The number of rotatable bonds is 6. The van der Waals surface area contributed by atoms with Crippen molar-refractivity contribution in [3.63, 3.8) is 0 Å². The Morgan fingerprint density at radius 1 is 1.03 bits per heavy atom. The third-order valence-electron chi connectivity index (χ3n) is 6.37. The fourth-order valence-corrected chi connectivity index (χ4v) is 4.71. The first kappa shape index (κ1) is 21.9. The molecule has 2 aromatic carbocycles. The third kappa shape index (κ3) is 4.07. The molecule has 1 aromatic heterocycles. The number of imide groups is 2. The van der Waals surface area contributed by atoms with Crippen LogP contribution in [0, 0.1) is 5.82 Å². The molecule has 0 atom stereocenters. The fraction of sp³-hybridized carbons (Fsp3) is 0.269. The topological polar surface area (TPSA) is 80.6 Å². The summed E-state index contributed by atoms with van der Waals surface area (Å²) in [5, 5.41) is 3.17. The zero-order chi connectivity index (χ0) is 23.7. The Hall–Kier alpha value is -3.94. The van der Waals surface area contributed by atoms with Gasteiger partial charge in [0.25, 0.3) is 11.8 Å². The minimum absolute atomic E-state index is 0.0583. The van der Waals surface area contributed by atoms with E-state index in [1.54, 1.807) is 24.3 Å². The summed E-state index contributed by atoms with van der Waals surface area (Å²) in [4.78, 5) is 39.3. The Bertz CT molecular complexity index is 1310. The molecule has 1 saturated carbocycles. The van der Waals surface area contributed by atoms with E-state index in [2.05, 4.69) is 5.32 Å². The van der Waals surface area contributed by atoms with Gasteiger partial charge < -0.3 is 9.30 Å². The molecule has 0 bridgehead atoms. The molecule has 5 rings (SSSR count). The number of nitrogens with zero attached hydrogens (tertiary/aromatic N) is 2. The monoisotopic (exact) mass is 461 g/mol. The van der Waals surface area contributed by atoms with Crippen molar-refractivity contribution in [1.82, 2.24) is 14.8 Å². The van der Waals surface area contributed by atoms with Crippen LogP contribution in [-0.2, 0) is 16.1 Å². The van der Waals surface area contributed by atoms with Gasteiger partial charge in [-0.3, -0.25) is 19.8 Å². The second-order valence-electron chi connectivity index (χ2n) is 8.50. The van der Waals surface area contributed by atoms with E-state index in [1.807, 2.05) is 35.0 Å². The minimum atomic E-state index is -0.691. The number of para-hydroxylation sites is 2. The molecule has 1 saturated heterocycles. The normalized spacial score (nSPS) is 18.2. The van der Waals surface area contributed by atoms with E-state index in [0.717, 1.165) is 36.6 Å². The largest absolute Gasteiger partial charge is 0.489 e. The second kappa shape index (κ2) is 9.13. The molecule has 8 heteroatoms. The van der Waals surface area contributed by atoms with Crippen LogP contribution in [0.2, 0.25) is 0 Å². The Kier molecular flexibility index (Phi) is 5.88. The van der Waals surface area contributed by atoms with E-state index in [9.17, 15) is 18.8 Å². The van der Waals surface area contributed by atoms with Crippen LogP contribution < -0.4 is 10.1 Å². The smallest absolute Gasteiger partial charge is 0.331 e. The van der Waals surface area contributed by atoms with Crippen molar-refractivity contribution in [3.05, 3.63) is 71.7 Å². The van der Waals surface area contributed by atoms with Gasteiger partial charge in [0.15, 0.2) is 11.6 Å². The van der Waals surface area contributed by atoms with Crippen molar-refractivity contribution in [3.8, 4) is 5.75 Å². The molecule has 2 heterocycles. The van der Waals surface area contributed by atoms with Gasteiger partial charge in [0.1, 0.15) is 12.2 Å². The Morgan fingerprint density at radius 2 is 1.76 bits per heavy atom. The minimum Gasteiger partial charge on any atom is -0.489 e. The number of hydrogen-bond donors (Lipinski definition) is 1. The summed E-state index contributed by atoms with van der Waals surface area (Å²) in [5.41, 5.74) is 1.51. The lowest BCUT2D eigenvalue weighted by Gasteiger charge is -2.31. The zero-order valence-corrected chi connectivity index (χ0v) is 18.5. The summed E-state index contributed by atoms with van der Waals surface area (Å²) in [5.74, 6) is -1.49. The summed E-state index contributed by atoms with van der Waals surface area (Å²) in [6.07, 6.45) is 6.79. The van der Waals surface area contributed by atoms with Gasteiger partial charge in [-0.1, -0.05) is 43.2 Å². The van der Waals surface area contributed by atoms with Gasteiger partial charge in [-0.15, -0.1) is 0 Å². The van der Waals surface area contributed by atoms with Crippen molar-refractivity contribution in [2.45, 2.75) is 38.3 Å². The summed E-state index contributed by atoms with van der Waals surface area (Å²) >= 11 is 0. The molecule has 2 aliphatic rings. The molecule has 0 radical (unpaired) electrons. The highest BCUT2D eigenvalue weighted by Gasteiger charge is 2.40. The summed E-state index contributed by atoms with van der Waals surface area (Å²) in [7, 11) is 0. The Balaban J connectivity index is 1.43. The highest BCUT2D eigenvalue weighted by Crippen LogP contribution is 2.29. The first-order chi connectivity index (χ1) is 16.5. The number of urea groups is 1. The lowest BCUT2D eigenvalue weighted by atomic mass is 10.0. The van der Waals surface area contributed by atoms with Crippen LogP contribution in [0.1, 0.15) is 31.2 Å². The van der Waals surface area contributed by atoms with Crippen molar-refractivity contribution in [2.24, 2.45) is 0 Å². The van der Waals surface area contributed by atoms with Crippen molar-refractivity contribution in [1.29, 1.82) is 0 Å². The van der Waals surface area contributed by atoms with Gasteiger partial charge in [0.05, 0.1) is 6.54 Å². The molecule has 7 nitrogen and oxygen atoms in total. The van der Waals surface area contributed by atoms with Crippen LogP contribution in [-0.4, -0.2) is 40.0 Å². The number of hydrogen-bond acceptors (Lipinski definition) is 4. The number of aromatic nitrogens is 1. The van der Waals surface area contributed by atoms with E-state index in [1.165, 1.54) is 11.0 Å². The molecule has 1 aliphatic carbocycles. The Morgan fingerprint density at radius 3 is 2.56 bits per heavy atom. The van der Waals surface area contributed by atoms with Crippen molar-refractivity contribution in [2.75, 3.05) is 6.61 Å². The number of barbiturate groups is 1. The first-order valence-electron chi connectivity index (χ1n) is 11.4. The molecule has 4 amide bonds. The first-order valence-corrected chi connectivity index (χ1v) is 11.4. The molecule has 0 unspecified atom stereocenters. The lowest BCUT2D eigenvalue weighted by molar-refractivity contribution is -0.131. The number of fused-ring (bicyclic) bond motifs is 1. The average molecular weight is 461 g/mol. The highest BCUT2D eigenvalue weighted by molar-refractivity contribution is 6.31. The van der Waals surface area contributed by atoms with E-state index < -0.39 is 23.7 Å².